The second-order valence-corrected chi connectivity index (χ2v) is 6.00. The van der Waals surface area contributed by atoms with Crippen LogP contribution < -0.4 is 19.5 Å². The Balaban J connectivity index is 2.14. The van der Waals surface area contributed by atoms with Gasteiger partial charge in [0.05, 0.1) is 27.4 Å². The van der Waals surface area contributed by atoms with Crippen LogP contribution in [0.25, 0.3) is 0 Å². The maximum Gasteiger partial charge on any atom is 0.203 e. The molecule has 0 bridgehead atoms. The van der Waals surface area contributed by atoms with Gasteiger partial charge in [-0.1, -0.05) is 19.9 Å². The third kappa shape index (κ3) is 2.80. The molecular formula is C16H25NO4. The molecule has 1 saturated carbocycles. The highest BCUT2D eigenvalue weighted by Gasteiger charge is 2.46. The van der Waals surface area contributed by atoms with Crippen molar-refractivity contribution in [1.29, 1.82) is 0 Å². The van der Waals surface area contributed by atoms with Gasteiger partial charge in [-0.15, -0.1) is 0 Å². The van der Waals surface area contributed by atoms with Crippen molar-refractivity contribution in [3.63, 3.8) is 0 Å². The zero-order chi connectivity index (χ0) is 15.6. The summed E-state index contributed by atoms with van der Waals surface area (Å²) in [5.41, 5.74) is 0.913. The summed E-state index contributed by atoms with van der Waals surface area (Å²) in [5.74, 6) is 1.94. The summed E-state index contributed by atoms with van der Waals surface area (Å²) in [4.78, 5) is 0. The van der Waals surface area contributed by atoms with E-state index < -0.39 is 0 Å². The molecule has 2 N–H and O–H groups in total. The molecule has 2 atom stereocenters. The number of rotatable bonds is 6. The van der Waals surface area contributed by atoms with E-state index in [1.54, 1.807) is 21.3 Å². The van der Waals surface area contributed by atoms with Crippen molar-refractivity contribution in [1.82, 2.24) is 5.32 Å². The molecule has 0 aromatic heterocycles. The lowest BCUT2D eigenvalue weighted by Crippen LogP contribution is -2.59. The van der Waals surface area contributed by atoms with Crippen molar-refractivity contribution in [2.75, 3.05) is 21.3 Å². The summed E-state index contributed by atoms with van der Waals surface area (Å²) in [5, 5.41) is 13.3. The molecule has 0 saturated heterocycles. The molecule has 0 radical (unpaired) electrons. The van der Waals surface area contributed by atoms with Gasteiger partial charge < -0.3 is 24.6 Å². The molecule has 5 nitrogen and oxygen atoms in total. The minimum absolute atomic E-state index is 0.0935. The van der Waals surface area contributed by atoms with Gasteiger partial charge in [0.25, 0.3) is 0 Å². The maximum atomic E-state index is 9.79. The van der Waals surface area contributed by atoms with E-state index in [2.05, 4.69) is 19.2 Å². The lowest BCUT2D eigenvalue weighted by atomic mass is 9.64. The van der Waals surface area contributed by atoms with Crippen LogP contribution in [0.2, 0.25) is 0 Å². The van der Waals surface area contributed by atoms with E-state index in [0.29, 0.717) is 29.8 Å². The largest absolute Gasteiger partial charge is 0.493 e. The maximum absolute atomic E-state index is 9.79. The number of hydrogen-bond acceptors (Lipinski definition) is 5. The van der Waals surface area contributed by atoms with Crippen LogP contribution >= 0.6 is 0 Å². The van der Waals surface area contributed by atoms with E-state index in [1.165, 1.54) is 0 Å². The summed E-state index contributed by atoms with van der Waals surface area (Å²) in [6.07, 6.45) is 0.546. The van der Waals surface area contributed by atoms with Gasteiger partial charge in [0.1, 0.15) is 0 Å². The zero-order valence-corrected chi connectivity index (χ0v) is 13.4. The quantitative estimate of drug-likeness (QED) is 0.840. The SMILES string of the molecule is COc1ccc(CNC2CC(O)C2(C)C)c(OC)c1OC. The number of aliphatic hydroxyl groups excluding tert-OH is 1. The predicted octanol–water partition coefficient (Wildman–Crippen LogP) is 1.96. The summed E-state index contributed by atoms with van der Waals surface area (Å²) < 4.78 is 16.1. The third-order valence-electron chi connectivity index (χ3n) is 4.54. The smallest absolute Gasteiger partial charge is 0.203 e. The van der Waals surface area contributed by atoms with Gasteiger partial charge in [0, 0.05) is 23.6 Å². The average Bonchev–Trinajstić information content (AvgIpc) is 2.49. The van der Waals surface area contributed by atoms with Crippen LogP contribution in [0.4, 0.5) is 0 Å². The van der Waals surface area contributed by atoms with Crippen molar-refractivity contribution < 1.29 is 19.3 Å². The van der Waals surface area contributed by atoms with Gasteiger partial charge in [-0.2, -0.15) is 0 Å². The van der Waals surface area contributed by atoms with Crippen molar-refractivity contribution in [2.24, 2.45) is 5.41 Å². The van der Waals surface area contributed by atoms with Crippen molar-refractivity contribution in [3.8, 4) is 17.2 Å². The Morgan fingerprint density at radius 3 is 2.29 bits per heavy atom. The highest BCUT2D eigenvalue weighted by Crippen LogP contribution is 2.42. The Bertz CT molecular complexity index is 501. The molecule has 0 spiro atoms. The Labute approximate surface area is 126 Å². The number of nitrogens with one attached hydrogen (secondary N) is 1. The Morgan fingerprint density at radius 1 is 1.14 bits per heavy atom. The van der Waals surface area contributed by atoms with Crippen LogP contribution in [0, 0.1) is 5.41 Å². The Kier molecular flexibility index (Phi) is 4.64. The Morgan fingerprint density at radius 2 is 1.81 bits per heavy atom. The first-order chi connectivity index (χ1) is 9.95. The van der Waals surface area contributed by atoms with E-state index in [4.69, 9.17) is 14.2 Å². The number of benzene rings is 1. The van der Waals surface area contributed by atoms with Crippen molar-refractivity contribution in [2.45, 2.75) is 39.0 Å². The van der Waals surface area contributed by atoms with E-state index in [1.807, 2.05) is 12.1 Å². The van der Waals surface area contributed by atoms with Gasteiger partial charge in [0.15, 0.2) is 11.5 Å². The highest BCUT2D eigenvalue weighted by molar-refractivity contribution is 5.55. The van der Waals surface area contributed by atoms with E-state index in [0.717, 1.165) is 12.0 Å². The number of ether oxygens (including phenoxy) is 3. The summed E-state index contributed by atoms with van der Waals surface area (Å²) in [6.45, 7) is 4.81. The third-order valence-corrected chi connectivity index (χ3v) is 4.54. The topological polar surface area (TPSA) is 60.0 Å². The standard InChI is InChI=1S/C16H25NO4/c1-16(2)12(8-13(16)18)17-9-10-6-7-11(19-3)15(21-5)14(10)20-4/h6-7,12-13,17-18H,8-9H2,1-5H3. The van der Waals surface area contributed by atoms with Crippen LogP contribution in [0.3, 0.4) is 0 Å². The number of methoxy groups -OCH3 is 3. The summed E-state index contributed by atoms with van der Waals surface area (Å²) >= 11 is 0. The van der Waals surface area contributed by atoms with Gasteiger partial charge in [-0.05, 0) is 12.5 Å². The minimum atomic E-state index is -0.234. The molecule has 1 aliphatic carbocycles. The molecule has 118 valence electrons. The highest BCUT2D eigenvalue weighted by atomic mass is 16.5. The van der Waals surface area contributed by atoms with Crippen LogP contribution in [-0.4, -0.2) is 38.6 Å². The number of aliphatic hydroxyl groups is 1. The Hall–Kier alpha value is -1.46. The molecule has 1 fully saturated rings. The second kappa shape index (κ2) is 6.12. The molecule has 1 aliphatic rings. The molecule has 5 heteroatoms. The van der Waals surface area contributed by atoms with Crippen LogP contribution in [0.1, 0.15) is 25.8 Å². The molecular weight excluding hydrogens is 270 g/mol. The van der Waals surface area contributed by atoms with E-state index in [-0.39, 0.29) is 11.5 Å². The molecule has 1 aromatic carbocycles. The molecule has 0 heterocycles. The molecule has 21 heavy (non-hydrogen) atoms. The van der Waals surface area contributed by atoms with Crippen molar-refractivity contribution >= 4 is 0 Å². The lowest BCUT2D eigenvalue weighted by Gasteiger charge is -2.49. The number of hydrogen-bond donors (Lipinski definition) is 2. The predicted molar refractivity (Wildman–Crippen MR) is 81.1 cm³/mol. The first-order valence-electron chi connectivity index (χ1n) is 7.15. The van der Waals surface area contributed by atoms with Gasteiger partial charge in [0.2, 0.25) is 5.75 Å². The fourth-order valence-electron chi connectivity index (χ4n) is 2.78. The minimum Gasteiger partial charge on any atom is -0.493 e. The van der Waals surface area contributed by atoms with Gasteiger partial charge in [-0.3, -0.25) is 0 Å². The van der Waals surface area contributed by atoms with Crippen LogP contribution in [0.5, 0.6) is 17.2 Å². The van der Waals surface area contributed by atoms with Gasteiger partial charge >= 0.3 is 0 Å². The zero-order valence-electron chi connectivity index (χ0n) is 13.4. The molecule has 2 rings (SSSR count). The average molecular weight is 295 g/mol. The summed E-state index contributed by atoms with van der Waals surface area (Å²) in [7, 11) is 4.83. The van der Waals surface area contributed by atoms with Gasteiger partial charge in [-0.25, -0.2) is 0 Å². The first-order valence-corrected chi connectivity index (χ1v) is 7.15. The molecule has 1 aromatic rings. The summed E-state index contributed by atoms with van der Waals surface area (Å²) in [6, 6.07) is 4.14. The van der Waals surface area contributed by atoms with Crippen LogP contribution in [-0.2, 0) is 6.54 Å². The lowest BCUT2D eigenvalue weighted by molar-refractivity contribution is -0.0730. The monoisotopic (exact) mass is 295 g/mol. The van der Waals surface area contributed by atoms with Crippen LogP contribution in [0.15, 0.2) is 12.1 Å². The van der Waals surface area contributed by atoms with Crippen molar-refractivity contribution in [3.05, 3.63) is 17.7 Å². The van der Waals surface area contributed by atoms with E-state index in [9.17, 15) is 5.11 Å². The molecule has 2 unspecified atom stereocenters. The molecule has 0 aliphatic heterocycles. The van der Waals surface area contributed by atoms with E-state index >= 15 is 0 Å². The fraction of sp³-hybridized carbons (Fsp3) is 0.625. The fourth-order valence-corrected chi connectivity index (χ4v) is 2.78. The molecule has 0 amide bonds. The normalized spacial score (nSPS) is 23.3. The first kappa shape index (κ1) is 15.9. The second-order valence-electron chi connectivity index (χ2n) is 6.00.